The Morgan fingerprint density at radius 3 is 2.59 bits per heavy atom. The van der Waals surface area contributed by atoms with Gasteiger partial charge in [-0.3, -0.25) is 4.79 Å². The van der Waals surface area contributed by atoms with Crippen LogP contribution in [-0.2, 0) is 17.6 Å². The highest BCUT2D eigenvalue weighted by Crippen LogP contribution is 2.26. The molecule has 2 N–H and O–H groups in total. The van der Waals surface area contributed by atoms with Crippen LogP contribution in [0.5, 0.6) is 5.75 Å². The van der Waals surface area contributed by atoms with Gasteiger partial charge in [-0.2, -0.15) is 0 Å². The Morgan fingerprint density at radius 1 is 1.09 bits per heavy atom. The number of aryl methyl sites for hydroxylation is 1. The molecule has 5 nitrogen and oxygen atoms in total. The number of nitrogens with zero attached hydrogens (tertiary/aromatic N) is 2. The van der Waals surface area contributed by atoms with Gasteiger partial charge in [0, 0.05) is 5.56 Å². The molecule has 1 unspecified atom stereocenters. The highest BCUT2D eigenvalue weighted by molar-refractivity contribution is 5.92. The van der Waals surface area contributed by atoms with Crippen LogP contribution in [0, 0.1) is 11.7 Å². The molecule has 0 saturated carbocycles. The summed E-state index contributed by atoms with van der Waals surface area (Å²) in [5.74, 6) is 0.708. The Morgan fingerprint density at radius 2 is 1.88 bits per heavy atom. The Balaban J connectivity index is 1.53. The highest BCUT2D eigenvalue weighted by Gasteiger charge is 2.16. The normalized spacial score (nSPS) is 15.5. The number of anilines is 1. The molecule has 0 aliphatic heterocycles. The SMILES string of the molecule is O=C(Cc1ccc(F)cc1)Nc1ncc(-c2ccc(O)cc2)nc1CCC1CC=CCC1. The Hall–Kier alpha value is -3.54. The molecule has 1 aliphatic carbocycles. The fourth-order valence-corrected chi connectivity index (χ4v) is 3.90. The minimum Gasteiger partial charge on any atom is -0.508 e. The van der Waals surface area contributed by atoms with Crippen molar-refractivity contribution < 1.29 is 14.3 Å². The van der Waals surface area contributed by atoms with Crippen LogP contribution in [0.2, 0.25) is 0 Å². The number of phenolic OH excluding ortho intramolecular Hbond substituents is 1. The molecule has 0 bridgehead atoms. The first-order chi connectivity index (χ1) is 15.6. The smallest absolute Gasteiger partial charge is 0.229 e. The molecular formula is C26H26FN3O2. The van der Waals surface area contributed by atoms with Crippen LogP contribution in [0.3, 0.4) is 0 Å². The molecule has 3 aromatic rings. The number of rotatable bonds is 7. The highest BCUT2D eigenvalue weighted by atomic mass is 19.1. The molecule has 1 aliphatic rings. The van der Waals surface area contributed by atoms with Gasteiger partial charge in [0.05, 0.1) is 24.0 Å². The molecule has 0 saturated heterocycles. The molecule has 32 heavy (non-hydrogen) atoms. The fraction of sp³-hybridized carbons (Fsp3) is 0.269. The van der Waals surface area contributed by atoms with E-state index < -0.39 is 0 Å². The number of hydrogen-bond donors (Lipinski definition) is 2. The van der Waals surface area contributed by atoms with E-state index in [1.54, 1.807) is 42.6 Å². The number of aromatic nitrogens is 2. The van der Waals surface area contributed by atoms with Crippen LogP contribution < -0.4 is 5.32 Å². The van der Waals surface area contributed by atoms with Crippen LogP contribution >= 0.6 is 0 Å². The number of benzene rings is 2. The largest absolute Gasteiger partial charge is 0.508 e. The molecule has 1 heterocycles. The van der Waals surface area contributed by atoms with Gasteiger partial charge in [0.2, 0.25) is 5.91 Å². The second-order valence-corrected chi connectivity index (χ2v) is 8.14. The number of amides is 1. The minimum absolute atomic E-state index is 0.133. The zero-order valence-electron chi connectivity index (χ0n) is 17.8. The van der Waals surface area contributed by atoms with Crippen molar-refractivity contribution in [3.8, 4) is 17.0 Å². The first kappa shape index (κ1) is 21.7. The predicted molar refractivity (Wildman–Crippen MR) is 123 cm³/mol. The summed E-state index contributed by atoms with van der Waals surface area (Å²) in [5.41, 5.74) is 3.02. The number of aromatic hydroxyl groups is 1. The zero-order chi connectivity index (χ0) is 22.3. The van der Waals surface area contributed by atoms with Crippen molar-refractivity contribution in [2.75, 3.05) is 5.32 Å². The van der Waals surface area contributed by atoms with E-state index in [2.05, 4.69) is 22.5 Å². The minimum atomic E-state index is -0.329. The van der Waals surface area contributed by atoms with E-state index in [0.717, 1.165) is 42.5 Å². The van der Waals surface area contributed by atoms with Crippen LogP contribution in [0.25, 0.3) is 11.3 Å². The van der Waals surface area contributed by atoms with Crippen molar-refractivity contribution >= 4 is 11.7 Å². The maximum atomic E-state index is 13.1. The first-order valence-corrected chi connectivity index (χ1v) is 10.9. The third-order valence-electron chi connectivity index (χ3n) is 5.71. The van der Waals surface area contributed by atoms with E-state index in [0.29, 0.717) is 23.9 Å². The second-order valence-electron chi connectivity index (χ2n) is 8.14. The number of halogens is 1. The van der Waals surface area contributed by atoms with Crippen molar-refractivity contribution in [2.45, 2.75) is 38.5 Å². The van der Waals surface area contributed by atoms with Gasteiger partial charge in [0.25, 0.3) is 0 Å². The van der Waals surface area contributed by atoms with Gasteiger partial charge in [-0.1, -0.05) is 24.3 Å². The Kier molecular flexibility index (Phi) is 6.90. The summed E-state index contributed by atoms with van der Waals surface area (Å²) < 4.78 is 13.1. The monoisotopic (exact) mass is 431 g/mol. The summed E-state index contributed by atoms with van der Waals surface area (Å²) >= 11 is 0. The molecule has 4 rings (SSSR count). The fourth-order valence-electron chi connectivity index (χ4n) is 3.90. The summed E-state index contributed by atoms with van der Waals surface area (Å²) in [5, 5.41) is 12.4. The molecule has 2 aromatic carbocycles. The van der Waals surface area contributed by atoms with E-state index in [9.17, 15) is 14.3 Å². The standard InChI is InChI=1S/C26H26FN3O2/c27-21-11-6-19(7-12-21)16-25(32)30-26-23(15-8-18-4-2-1-3-5-18)29-24(17-28-26)20-9-13-22(31)14-10-20/h1-2,6-7,9-14,17-18,31H,3-5,8,15-16H2,(H,28,30,32). The number of phenols is 1. The number of nitrogens with one attached hydrogen (secondary N) is 1. The van der Waals surface area contributed by atoms with Crippen LogP contribution in [0.15, 0.2) is 66.9 Å². The molecule has 1 amide bonds. The predicted octanol–water partition coefficient (Wildman–Crippen LogP) is 5.46. The van der Waals surface area contributed by atoms with E-state index in [4.69, 9.17) is 4.98 Å². The van der Waals surface area contributed by atoms with Crippen molar-refractivity contribution in [1.82, 2.24) is 9.97 Å². The molecule has 0 radical (unpaired) electrons. The molecule has 0 spiro atoms. The average molecular weight is 432 g/mol. The van der Waals surface area contributed by atoms with Crippen LogP contribution in [0.4, 0.5) is 10.2 Å². The lowest BCUT2D eigenvalue weighted by molar-refractivity contribution is -0.115. The number of hydrogen-bond acceptors (Lipinski definition) is 4. The molecule has 1 aromatic heterocycles. The maximum Gasteiger partial charge on any atom is 0.229 e. The second kappa shape index (κ2) is 10.2. The third kappa shape index (κ3) is 5.78. The van der Waals surface area contributed by atoms with Gasteiger partial charge >= 0.3 is 0 Å². The number of carbonyl (C=O) groups excluding carboxylic acids is 1. The van der Waals surface area contributed by atoms with Gasteiger partial charge in [0.15, 0.2) is 5.82 Å². The molecule has 0 fully saturated rings. The van der Waals surface area contributed by atoms with Crippen molar-refractivity contribution in [2.24, 2.45) is 5.92 Å². The van der Waals surface area contributed by atoms with Crippen LogP contribution in [0.1, 0.15) is 36.9 Å². The number of allylic oxidation sites excluding steroid dienone is 2. The Labute approximate surface area is 187 Å². The topological polar surface area (TPSA) is 75.1 Å². The molecule has 1 atom stereocenters. The maximum absolute atomic E-state index is 13.1. The summed E-state index contributed by atoms with van der Waals surface area (Å²) in [4.78, 5) is 21.9. The summed E-state index contributed by atoms with van der Waals surface area (Å²) in [6.45, 7) is 0. The van der Waals surface area contributed by atoms with Crippen molar-refractivity contribution in [3.63, 3.8) is 0 Å². The van der Waals surface area contributed by atoms with Gasteiger partial charge in [-0.25, -0.2) is 14.4 Å². The molecular weight excluding hydrogens is 405 g/mol. The Bertz CT molecular complexity index is 1100. The summed E-state index contributed by atoms with van der Waals surface area (Å²) in [6, 6.07) is 12.7. The van der Waals surface area contributed by atoms with Gasteiger partial charge in [-0.05, 0) is 80.0 Å². The van der Waals surface area contributed by atoms with Gasteiger partial charge in [0.1, 0.15) is 11.6 Å². The molecule has 6 heteroatoms. The van der Waals surface area contributed by atoms with Gasteiger partial charge in [-0.15, -0.1) is 0 Å². The number of carbonyl (C=O) groups is 1. The van der Waals surface area contributed by atoms with E-state index >= 15 is 0 Å². The first-order valence-electron chi connectivity index (χ1n) is 10.9. The zero-order valence-corrected chi connectivity index (χ0v) is 17.8. The average Bonchev–Trinajstić information content (AvgIpc) is 2.81. The van der Waals surface area contributed by atoms with E-state index in [-0.39, 0.29) is 23.9 Å². The van der Waals surface area contributed by atoms with Crippen molar-refractivity contribution in [1.29, 1.82) is 0 Å². The third-order valence-corrected chi connectivity index (χ3v) is 5.71. The van der Waals surface area contributed by atoms with E-state index in [1.165, 1.54) is 12.1 Å². The van der Waals surface area contributed by atoms with Crippen molar-refractivity contribution in [3.05, 3.63) is 84.0 Å². The molecule has 164 valence electrons. The summed E-state index contributed by atoms with van der Waals surface area (Å²) in [6.07, 6.45) is 11.2. The summed E-state index contributed by atoms with van der Waals surface area (Å²) in [7, 11) is 0. The quantitative estimate of drug-likeness (QED) is 0.487. The lowest BCUT2D eigenvalue weighted by Gasteiger charge is -2.18. The van der Waals surface area contributed by atoms with Gasteiger partial charge < -0.3 is 10.4 Å². The lowest BCUT2D eigenvalue weighted by Crippen LogP contribution is -2.18. The van der Waals surface area contributed by atoms with E-state index in [1.807, 2.05) is 0 Å². The lowest BCUT2D eigenvalue weighted by atomic mass is 9.90. The van der Waals surface area contributed by atoms with Crippen LogP contribution in [-0.4, -0.2) is 21.0 Å².